The van der Waals surface area contributed by atoms with Gasteiger partial charge in [-0.1, -0.05) is 0 Å². The highest BCUT2D eigenvalue weighted by molar-refractivity contribution is 9.10. The van der Waals surface area contributed by atoms with Crippen molar-refractivity contribution < 1.29 is 8.78 Å². The Hall–Kier alpha value is -1.30. The van der Waals surface area contributed by atoms with Crippen molar-refractivity contribution in [1.82, 2.24) is 14.8 Å². The Kier molecular flexibility index (Phi) is 2.77. The van der Waals surface area contributed by atoms with Crippen molar-refractivity contribution in [2.24, 2.45) is 0 Å². The summed E-state index contributed by atoms with van der Waals surface area (Å²) in [5, 5.41) is 3.78. The van der Waals surface area contributed by atoms with Crippen LogP contribution in [0, 0.1) is 11.6 Å². The molecule has 0 aliphatic heterocycles. The van der Waals surface area contributed by atoms with E-state index >= 15 is 0 Å². The zero-order chi connectivity index (χ0) is 10.8. The SMILES string of the molecule is Fc1ccc(Br)c(F)c1Cn1cncn1. The van der Waals surface area contributed by atoms with Crippen LogP contribution in [-0.2, 0) is 6.54 Å². The molecule has 3 nitrogen and oxygen atoms in total. The molecule has 0 N–H and O–H groups in total. The van der Waals surface area contributed by atoms with Crippen LogP contribution in [0.15, 0.2) is 29.3 Å². The van der Waals surface area contributed by atoms with E-state index in [0.29, 0.717) is 0 Å². The van der Waals surface area contributed by atoms with E-state index in [-0.39, 0.29) is 16.6 Å². The summed E-state index contributed by atoms with van der Waals surface area (Å²) >= 11 is 3.00. The highest BCUT2D eigenvalue weighted by Gasteiger charge is 2.12. The number of hydrogen-bond acceptors (Lipinski definition) is 2. The summed E-state index contributed by atoms with van der Waals surface area (Å²) in [5.41, 5.74) is -0.0325. The molecule has 1 heterocycles. The quantitative estimate of drug-likeness (QED) is 0.787. The first-order valence-electron chi connectivity index (χ1n) is 4.13. The smallest absolute Gasteiger partial charge is 0.145 e. The van der Waals surface area contributed by atoms with Crippen LogP contribution >= 0.6 is 15.9 Å². The van der Waals surface area contributed by atoms with E-state index in [9.17, 15) is 8.78 Å². The first-order chi connectivity index (χ1) is 7.18. The van der Waals surface area contributed by atoms with Crippen LogP contribution in [-0.4, -0.2) is 14.8 Å². The number of hydrogen-bond donors (Lipinski definition) is 0. The molecule has 0 bridgehead atoms. The molecule has 2 aromatic rings. The number of rotatable bonds is 2. The molecule has 0 atom stereocenters. The maximum absolute atomic E-state index is 13.5. The molecule has 78 valence electrons. The molecule has 0 aliphatic rings. The first kappa shape index (κ1) is 10.2. The summed E-state index contributed by atoms with van der Waals surface area (Å²) in [6.07, 6.45) is 2.72. The predicted octanol–water partition coefficient (Wildman–Crippen LogP) is 2.37. The summed E-state index contributed by atoms with van der Waals surface area (Å²) in [5.74, 6) is -1.20. The average molecular weight is 274 g/mol. The van der Waals surface area contributed by atoms with E-state index < -0.39 is 11.6 Å². The Bertz CT molecular complexity index is 470. The number of aromatic nitrogens is 3. The molecular formula is C9H6BrF2N3. The number of halogens is 3. The van der Waals surface area contributed by atoms with Crippen molar-refractivity contribution in [3.8, 4) is 0 Å². The number of benzene rings is 1. The van der Waals surface area contributed by atoms with Gasteiger partial charge >= 0.3 is 0 Å². The third-order valence-corrected chi connectivity index (χ3v) is 2.54. The fourth-order valence-corrected chi connectivity index (χ4v) is 1.56. The van der Waals surface area contributed by atoms with E-state index in [2.05, 4.69) is 26.0 Å². The predicted molar refractivity (Wildman–Crippen MR) is 53.2 cm³/mol. The molecular weight excluding hydrogens is 268 g/mol. The fourth-order valence-electron chi connectivity index (χ4n) is 1.19. The van der Waals surface area contributed by atoms with Crippen molar-refractivity contribution >= 4 is 15.9 Å². The lowest BCUT2D eigenvalue weighted by Gasteiger charge is -2.05. The molecule has 0 aliphatic carbocycles. The normalized spacial score (nSPS) is 10.6. The number of nitrogens with zero attached hydrogens (tertiary/aromatic N) is 3. The largest absolute Gasteiger partial charge is 0.248 e. The molecule has 15 heavy (non-hydrogen) atoms. The summed E-state index contributed by atoms with van der Waals surface area (Å²) in [6.45, 7) is 0.0249. The van der Waals surface area contributed by atoms with Crippen LogP contribution in [0.2, 0.25) is 0 Å². The third-order valence-electron chi connectivity index (χ3n) is 1.93. The maximum Gasteiger partial charge on any atom is 0.145 e. The lowest BCUT2D eigenvalue weighted by atomic mass is 10.2. The van der Waals surface area contributed by atoms with Gasteiger partial charge in [0.1, 0.15) is 24.3 Å². The van der Waals surface area contributed by atoms with Crippen molar-refractivity contribution in [3.05, 3.63) is 46.5 Å². The van der Waals surface area contributed by atoms with Crippen molar-refractivity contribution in [2.75, 3.05) is 0 Å². The first-order valence-corrected chi connectivity index (χ1v) is 4.92. The Balaban J connectivity index is 2.39. The van der Waals surface area contributed by atoms with Gasteiger partial charge in [-0.15, -0.1) is 0 Å². The minimum atomic E-state index is -0.606. The zero-order valence-corrected chi connectivity index (χ0v) is 9.08. The van der Waals surface area contributed by atoms with E-state index in [4.69, 9.17) is 0 Å². The second-order valence-electron chi connectivity index (χ2n) is 2.91. The van der Waals surface area contributed by atoms with Gasteiger partial charge in [0.2, 0.25) is 0 Å². The lowest BCUT2D eigenvalue weighted by Crippen LogP contribution is -2.05. The van der Waals surface area contributed by atoms with Crippen LogP contribution in [0.1, 0.15) is 5.56 Å². The van der Waals surface area contributed by atoms with E-state index in [0.717, 1.165) is 0 Å². The van der Waals surface area contributed by atoms with Crippen molar-refractivity contribution in [3.63, 3.8) is 0 Å². The zero-order valence-electron chi connectivity index (χ0n) is 7.49. The van der Waals surface area contributed by atoms with Gasteiger partial charge in [-0.3, -0.25) is 0 Å². The van der Waals surface area contributed by atoms with Gasteiger partial charge in [-0.05, 0) is 28.1 Å². The van der Waals surface area contributed by atoms with E-state index in [1.165, 1.54) is 29.5 Å². The average Bonchev–Trinajstić information content (AvgIpc) is 2.71. The second-order valence-corrected chi connectivity index (χ2v) is 3.77. The summed E-state index contributed by atoms with van der Waals surface area (Å²) in [7, 11) is 0. The Morgan fingerprint density at radius 3 is 2.80 bits per heavy atom. The van der Waals surface area contributed by atoms with Crippen LogP contribution in [0.5, 0.6) is 0 Å². The molecule has 6 heteroatoms. The molecule has 2 rings (SSSR count). The fraction of sp³-hybridized carbons (Fsp3) is 0.111. The molecule has 1 aromatic carbocycles. The van der Waals surface area contributed by atoms with Gasteiger partial charge in [-0.25, -0.2) is 18.4 Å². The van der Waals surface area contributed by atoms with Gasteiger partial charge in [0.25, 0.3) is 0 Å². The standard InChI is InChI=1S/C9H6BrF2N3/c10-7-1-2-8(11)6(9(7)12)3-15-5-13-4-14-15/h1-2,4-5H,3H2. The molecule has 0 radical (unpaired) electrons. The van der Waals surface area contributed by atoms with Crippen LogP contribution in [0.25, 0.3) is 0 Å². The Morgan fingerprint density at radius 2 is 2.13 bits per heavy atom. The van der Waals surface area contributed by atoms with Gasteiger partial charge in [0.05, 0.1) is 11.0 Å². The molecule has 0 spiro atoms. The molecule has 0 amide bonds. The Morgan fingerprint density at radius 1 is 1.33 bits per heavy atom. The van der Waals surface area contributed by atoms with Crippen molar-refractivity contribution in [1.29, 1.82) is 0 Å². The van der Waals surface area contributed by atoms with Gasteiger partial charge in [-0.2, -0.15) is 5.10 Å². The monoisotopic (exact) mass is 273 g/mol. The van der Waals surface area contributed by atoms with Crippen LogP contribution in [0.4, 0.5) is 8.78 Å². The van der Waals surface area contributed by atoms with Gasteiger partial charge in [0.15, 0.2) is 0 Å². The van der Waals surface area contributed by atoms with Gasteiger partial charge in [0, 0.05) is 5.56 Å². The minimum absolute atomic E-state index is 0.0249. The molecule has 0 unspecified atom stereocenters. The van der Waals surface area contributed by atoms with Crippen LogP contribution < -0.4 is 0 Å². The summed E-state index contributed by atoms with van der Waals surface area (Å²) in [6, 6.07) is 2.54. The molecule has 1 aromatic heterocycles. The minimum Gasteiger partial charge on any atom is -0.248 e. The highest BCUT2D eigenvalue weighted by atomic mass is 79.9. The third kappa shape index (κ3) is 2.04. The molecule has 0 fully saturated rings. The molecule has 0 saturated carbocycles. The maximum atomic E-state index is 13.5. The highest BCUT2D eigenvalue weighted by Crippen LogP contribution is 2.21. The summed E-state index contributed by atoms with van der Waals surface area (Å²) < 4.78 is 28.4. The second kappa shape index (κ2) is 4.06. The topological polar surface area (TPSA) is 30.7 Å². The van der Waals surface area contributed by atoms with Crippen LogP contribution in [0.3, 0.4) is 0 Å². The summed E-state index contributed by atoms with van der Waals surface area (Å²) in [4.78, 5) is 3.70. The Labute approximate surface area is 92.9 Å². The van der Waals surface area contributed by atoms with Crippen molar-refractivity contribution in [2.45, 2.75) is 6.54 Å². The van der Waals surface area contributed by atoms with E-state index in [1.807, 2.05) is 0 Å². The van der Waals surface area contributed by atoms with E-state index in [1.54, 1.807) is 0 Å². The molecule has 0 saturated heterocycles. The van der Waals surface area contributed by atoms with Gasteiger partial charge < -0.3 is 0 Å². The lowest BCUT2D eigenvalue weighted by molar-refractivity contribution is 0.529.